The Morgan fingerprint density at radius 3 is 0.960 bits per heavy atom. The van der Waals surface area contributed by atoms with Crippen LogP contribution < -0.4 is 0 Å². The van der Waals surface area contributed by atoms with Gasteiger partial charge in [0.05, 0.1) is 6.61 Å². The molecular formula is C10H8Br14O. The van der Waals surface area contributed by atoms with Crippen LogP contribution in [0.15, 0.2) is 0 Å². The molecular weight excluding hydrogens is 1250 g/mol. The van der Waals surface area contributed by atoms with Crippen LogP contribution in [0.2, 0.25) is 0 Å². The predicted octanol–water partition coefficient (Wildman–Crippen LogP) is 10.8. The van der Waals surface area contributed by atoms with Crippen LogP contribution in [0.4, 0.5) is 0 Å². The molecule has 25 heavy (non-hydrogen) atoms. The first kappa shape index (κ1) is 31.7. The van der Waals surface area contributed by atoms with Crippen molar-refractivity contribution in [1.82, 2.24) is 0 Å². The second-order valence-electron chi connectivity index (χ2n) is 4.79. The van der Waals surface area contributed by atoms with E-state index in [1.807, 2.05) is 6.92 Å². The zero-order valence-electron chi connectivity index (χ0n) is 11.7. The molecule has 0 unspecified atom stereocenters. The lowest BCUT2D eigenvalue weighted by molar-refractivity contribution is 0.282. The van der Waals surface area contributed by atoms with Crippen molar-refractivity contribution in [3.05, 3.63) is 0 Å². The Morgan fingerprint density at radius 2 is 0.720 bits per heavy atom. The van der Waals surface area contributed by atoms with E-state index in [4.69, 9.17) is 0 Å². The predicted molar refractivity (Wildman–Crippen MR) is 161 cm³/mol. The highest BCUT2D eigenvalue weighted by Gasteiger charge is 2.75. The van der Waals surface area contributed by atoms with E-state index < -0.39 is 22.6 Å². The van der Waals surface area contributed by atoms with Crippen LogP contribution in [0, 0.1) is 0 Å². The van der Waals surface area contributed by atoms with E-state index in [-0.39, 0.29) is 6.61 Å². The quantitative estimate of drug-likeness (QED) is 0.240. The lowest BCUT2D eigenvalue weighted by Gasteiger charge is -2.56. The molecule has 0 fully saturated rings. The zero-order chi connectivity index (χ0) is 20.9. The van der Waals surface area contributed by atoms with Crippen molar-refractivity contribution in [3.8, 4) is 0 Å². The molecule has 0 spiro atoms. The van der Waals surface area contributed by atoms with Gasteiger partial charge >= 0.3 is 0 Å². The van der Waals surface area contributed by atoms with E-state index in [0.29, 0.717) is 0 Å². The van der Waals surface area contributed by atoms with E-state index in [2.05, 4.69) is 223 Å². The molecule has 0 aliphatic rings. The maximum atomic E-state index is 9.81. The van der Waals surface area contributed by atoms with Gasteiger partial charge in [0.1, 0.15) is 22.6 Å². The number of aliphatic hydroxyl groups excluding tert-OH is 1. The monoisotopic (exact) mass is 1250 g/mol. The Kier molecular flexibility index (Phi) is 13.3. The molecule has 0 aliphatic carbocycles. The van der Waals surface area contributed by atoms with E-state index in [1.54, 1.807) is 0 Å². The van der Waals surface area contributed by atoms with Gasteiger partial charge in [-0.15, -0.1) is 0 Å². The van der Waals surface area contributed by atoms with Crippen molar-refractivity contribution in [2.24, 2.45) is 0 Å². The summed E-state index contributed by atoms with van der Waals surface area (Å²) in [6.07, 6.45) is 0.737. The molecule has 0 aliphatic heterocycles. The van der Waals surface area contributed by atoms with Crippen LogP contribution in [0.25, 0.3) is 0 Å². The minimum absolute atomic E-state index is 0.223. The maximum Gasteiger partial charge on any atom is 0.135 e. The summed E-state index contributed by atoms with van der Waals surface area (Å²) < 4.78 is -6.03. The van der Waals surface area contributed by atoms with E-state index in [9.17, 15) is 5.11 Å². The molecule has 0 radical (unpaired) electrons. The topological polar surface area (TPSA) is 20.2 Å². The van der Waals surface area contributed by atoms with Gasteiger partial charge in [-0.2, -0.15) is 0 Å². The highest BCUT2D eigenvalue weighted by molar-refractivity contribution is 9.36. The highest BCUT2D eigenvalue weighted by Crippen LogP contribution is 2.76. The number of aliphatic hydroxyl groups is 1. The third-order valence-electron chi connectivity index (χ3n) is 3.14. The lowest BCUT2D eigenvalue weighted by atomic mass is 10.1. The molecule has 0 aromatic carbocycles. The minimum atomic E-state index is -0.973. The fourth-order valence-electron chi connectivity index (χ4n) is 1.37. The molecule has 15 heteroatoms. The number of hydrogen-bond donors (Lipinski definition) is 1. The van der Waals surface area contributed by atoms with Crippen molar-refractivity contribution in [2.45, 2.75) is 36.0 Å². The second-order valence-corrected chi connectivity index (χ2v) is 29.6. The van der Waals surface area contributed by atoms with Crippen molar-refractivity contribution in [2.75, 3.05) is 6.61 Å². The summed E-state index contributed by atoms with van der Waals surface area (Å²) in [5, 5.41) is 9.81. The average molecular weight is 1260 g/mol. The minimum Gasteiger partial charge on any atom is -0.394 e. The summed E-state index contributed by atoms with van der Waals surface area (Å²) in [6.45, 7) is 1.81. The summed E-state index contributed by atoms with van der Waals surface area (Å²) >= 11 is 51.9. The Bertz CT molecular complexity index is 440. The summed E-state index contributed by atoms with van der Waals surface area (Å²) in [7, 11) is 0. The number of alkyl halides is 14. The van der Waals surface area contributed by atoms with Gasteiger partial charge in [-0.3, -0.25) is 0 Å². The van der Waals surface area contributed by atoms with Crippen LogP contribution >= 0.6 is 223 Å². The Labute approximate surface area is 265 Å². The van der Waals surface area contributed by atoms with Crippen LogP contribution in [0.3, 0.4) is 0 Å². The van der Waals surface area contributed by atoms with Crippen LogP contribution in [-0.2, 0) is 0 Å². The van der Waals surface area contributed by atoms with Gasteiger partial charge in [-0.1, -0.05) is 230 Å². The molecule has 1 nitrogen and oxygen atoms in total. The molecule has 0 aromatic rings. The molecule has 0 heterocycles. The van der Waals surface area contributed by atoms with Gasteiger partial charge in [-0.25, -0.2) is 0 Å². The molecule has 0 amide bonds. The molecule has 0 bridgehead atoms. The molecule has 0 atom stereocenters. The van der Waals surface area contributed by atoms with Gasteiger partial charge in [0.25, 0.3) is 0 Å². The molecule has 0 rings (SSSR count). The van der Waals surface area contributed by atoms with Crippen LogP contribution in [0.5, 0.6) is 0 Å². The molecule has 152 valence electrons. The van der Waals surface area contributed by atoms with Crippen molar-refractivity contribution in [1.29, 1.82) is 0 Å². The molecule has 1 N–H and O–H groups in total. The lowest BCUT2D eigenvalue weighted by Crippen LogP contribution is -2.66. The molecule has 0 aromatic heterocycles. The summed E-state index contributed by atoms with van der Waals surface area (Å²) in [5.74, 6) is 0. The molecule has 0 saturated carbocycles. The van der Waals surface area contributed by atoms with Crippen molar-refractivity contribution < 1.29 is 5.11 Å². The number of hydrogen-bond acceptors (Lipinski definition) is 1. The first-order valence-electron chi connectivity index (χ1n) is 5.88. The van der Waals surface area contributed by atoms with Gasteiger partial charge < -0.3 is 5.11 Å². The smallest absolute Gasteiger partial charge is 0.135 e. The first-order chi connectivity index (χ1) is 10.6. The SMILES string of the molecule is CCC(Br)(Br)C(Br)(Br)C(Br)(Br)C(Br)(Br)C(Br)(Br)C(Br)(Br)C(Br)(Br)CO. The van der Waals surface area contributed by atoms with Gasteiger partial charge in [0.2, 0.25) is 0 Å². The van der Waals surface area contributed by atoms with E-state index in [0.717, 1.165) is 6.42 Å². The Morgan fingerprint density at radius 1 is 0.480 bits per heavy atom. The maximum absolute atomic E-state index is 9.81. The van der Waals surface area contributed by atoms with Crippen LogP contribution in [-0.4, -0.2) is 34.3 Å². The van der Waals surface area contributed by atoms with Gasteiger partial charge in [0.15, 0.2) is 0 Å². The second kappa shape index (κ2) is 10.5. The normalized spacial score (nSPS) is 16.3. The molecule has 0 saturated heterocycles. The van der Waals surface area contributed by atoms with E-state index >= 15 is 0 Å². The largest absolute Gasteiger partial charge is 0.394 e. The third-order valence-corrected chi connectivity index (χ3v) is 32.1. The number of halogens is 14. The van der Waals surface area contributed by atoms with E-state index in [1.165, 1.54) is 0 Å². The highest BCUT2D eigenvalue weighted by atomic mass is 79.9. The summed E-state index contributed by atoms with van der Waals surface area (Å²) in [5.41, 5.74) is 0. The Balaban J connectivity index is 6.46. The summed E-state index contributed by atoms with van der Waals surface area (Å²) in [6, 6.07) is 0. The Hall–Kier alpha value is 6.68. The first-order valence-corrected chi connectivity index (χ1v) is 17.0. The van der Waals surface area contributed by atoms with Gasteiger partial charge in [0, 0.05) is 0 Å². The third kappa shape index (κ3) is 5.68. The van der Waals surface area contributed by atoms with Crippen molar-refractivity contribution in [3.63, 3.8) is 0 Å². The standard InChI is InChI=1S/C10H8Br14O/c1-2-4(11,12)6(15,16)8(19,20)10(23,24)9(21,22)7(17,18)5(13,14)3-25/h25H,2-3H2,1H3. The summed E-state index contributed by atoms with van der Waals surface area (Å²) in [4.78, 5) is 0. The van der Waals surface area contributed by atoms with Crippen molar-refractivity contribution >= 4 is 223 Å². The average Bonchev–Trinajstić information content (AvgIpc) is 2.45. The van der Waals surface area contributed by atoms with Gasteiger partial charge in [-0.05, 0) is 6.42 Å². The fraction of sp³-hybridized carbons (Fsp3) is 1.00. The number of rotatable bonds is 8. The van der Waals surface area contributed by atoms with Crippen LogP contribution in [0.1, 0.15) is 13.3 Å². The fourth-order valence-corrected chi connectivity index (χ4v) is 13.6. The zero-order valence-corrected chi connectivity index (χ0v) is 33.9.